The third kappa shape index (κ3) is 5.81. The van der Waals surface area contributed by atoms with Crippen LogP contribution in [0.3, 0.4) is 0 Å². The Hall–Kier alpha value is -3.88. The van der Waals surface area contributed by atoms with Crippen molar-refractivity contribution in [3.05, 3.63) is 58.4 Å². The van der Waals surface area contributed by atoms with Crippen LogP contribution in [0.2, 0.25) is 0 Å². The summed E-state index contributed by atoms with van der Waals surface area (Å²) in [6.07, 6.45) is 2.73. The van der Waals surface area contributed by atoms with Gasteiger partial charge in [0.1, 0.15) is 16.9 Å². The third-order valence-corrected chi connectivity index (χ3v) is 3.90. The van der Waals surface area contributed by atoms with E-state index in [1.54, 1.807) is 13.0 Å². The lowest BCUT2D eigenvalue weighted by atomic mass is 10.1. The minimum absolute atomic E-state index is 0.0515. The number of nitrogens with one attached hydrogen (secondary N) is 1. The molecular formula is C21H22N2O7. The molecule has 158 valence electrons. The van der Waals surface area contributed by atoms with Gasteiger partial charge in [0.2, 0.25) is 5.88 Å². The van der Waals surface area contributed by atoms with E-state index in [2.05, 4.69) is 5.32 Å². The number of hydrogen-bond acceptors (Lipinski definition) is 7. The van der Waals surface area contributed by atoms with E-state index < -0.39 is 30.4 Å². The van der Waals surface area contributed by atoms with E-state index >= 15 is 0 Å². The van der Waals surface area contributed by atoms with Crippen molar-refractivity contribution >= 4 is 35.7 Å². The van der Waals surface area contributed by atoms with Crippen LogP contribution in [0.25, 0.3) is 6.08 Å². The maximum Gasteiger partial charge on any atom is 0.342 e. The number of carbonyl (C=O) groups excluding carboxylic acids is 4. The minimum Gasteiger partial charge on any atom is -0.462 e. The van der Waals surface area contributed by atoms with Crippen molar-refractivity contribution in [1.29, 1.82) is 0 Å². The topological polar surface area (TPSA) is 138 Å². The molecule has 2 aromatic rings. The van der Waals surface area contributed by atoms with Gasteiger partial charge in [0.15, 0.2) is 6.61 Å². The number of benzene rings is 1. The summed E-state index contributed by atoms with van der Waals surface area (Å²) in [5, 5.41) is 2.27. The van der Waals surface area contributed by atoms with Gasteiger partial charge in [0, 0.05) is 6.08 Å². The molecule has 0 atom stereocenters. The number of nitrogens with two attached hydrogens (primary N) is 1. The number of ether oxygens (including phenoxy) is 2. The molecule has 0 radical (unpaired) electrons. The Bertz CT molecular complexity index is 988. The zero-order chi connectivity index (χ0) is 22.3. The van der Waals surface area contributed by atoms with Gasteiger partial charge in [0.25, 0.3) is 11.8 Å². The highest BCUT2D eigenvalue weighted by Gasteiger charge is 2.29. The summed E-state index contributed by atoms with van der Waals surface area (Å²) in [5.41, 5.74) is 6.71. The average Bonchev–Trinajstić information content (AvgIpc) is 3.02. The molecule has 0 saturated carbocycles. The number of amides is 2. The predicted octanol–water partition coefficient (Wildman–Crippen LogP) is 2.37. The van der Waals surface area contributed by atoms with Gasteiger partial charge in [-0.1, -0.05) is 29.8 Å². The van der Waals surface area contributed by atoms with Crippen LogP contribution in [0.15, 0.2) is 34.8 Å². The summed E-state index contributed by atoms with van der Waals surface area (Å²) < 4.78 is 15.0. The highest BCUT2D eigenvalue weighted by molar-refractivity contribution is 6.10. The molecule has 30 heavy (non-hydrogen) atoms. The lowest BCUT2D eigenvalue weighted by molar-refractivity contribution is -0.142. The molecule has 3 N–H and O–H groups in total. The molecule has 0 saturated heterocycles. The van der Waals surface area contributed by atoms with Gasteiger partial charge in [-0.25, -0.2) is 9.59 Å². The second-order valence-electron chi connectivity index (χ2n) is 6.22. The first kappa shape index (κ1) is 22.4. The number of anilines is 1. The summed E-state index contributed by atoms with van der Waals surface area (Å²) in [6.45, 7) is 4.41. The maximum atomic E-state index is 12.1. The normalized spacial score (nSPS) is 10.6. The minimum atomic E-state index is -0.983. The Balaban J connectivity index is 2.01. The second kappa shape index (κ2) is 10.1. The number of furan rings is 1. The highest BCUT2D eigenvalue weighted by Crippen LogP contribution is 2.27. The third-order valence-electron chi connectivity index (χ3n) is 3.90. The monoisotopic (exact) mass is 414 g/mol. The zero-order valence-corrected chi connectivity index (χ0v) is 16.8. The van der Waals surface area contributed by atoms with Gasteiger partial charge < -0.3 is 19.6 Å². The predicted molar refractivity (Wildman–Crippen MR) is 108 cm³/mol. The van der Waals surface area contributed by atoms with Crippen LogP contribution >= 0.6 is 0 Å². The molecule has 1 heterocycles. The fraction of sp³-hybridized carbons (Fsp3) is 0.238. The number of esters is 2. The summed E-state index contributed by atoms with van der Waals surface area (Å²) in [5.74, 6) is -3.57. The van der Waals surface area contributed by atoms with Crippen molar-refractivity contribution in [3.63, 3.8) is 0 Å². The molecule has 1 aromatic heterocycles. The SMILES string of the molecule is CCOC(=O)c1c(C)oc(NC(=O)COC(=O)/C=C/c2ccc(C)cc2)c1C(N)=O. The maximum absolute atomic E-state index is 12.1. The van der Waals surface area contributed by atoms with Crippen LogP contribution in [0.5, 0.6) is 0 Å². The number of carbonyl (C=O) groups is 4. The molecule has 0 fully saturated rings. The molecule has 0 spiro atoms. The van der Waals surface area contributed by atoms with E-state index in [-0.39, 0.29) is 29.4 Å². The fourth-order valence-electron chi connectivity index (χ4n) is 2.51. The molecule has 0 aliphatic carbocycles. The van der Waals surface area contributed by atoms with Crippen molar-refractivity contribution in [2.75, 3.05) is 18.5 Å². The fourth-order valence-corrected chi connectivity index (χ4v) is 2.51. The van der Waals surface area contributed by atoms with Crippen LogP contribution < -0.4 is 11.1 Å². The van der Waals surface area contributed by atoms with Gasteiger partial charge in [-0.15, -0.1) is 0 Å². The highest BCUT2D eigenvalue weighted by atomic mass is 16.5. The summed E-state index contributed by atoms with van der Waals surface area (Å²) >= 11 is 0. The lowest BCUT2D eigenvalue weighted by Crippen LogP contribution is -2.23. The first-order valence-corrected chi connectivity index (χ1v) is 9.04. The van der Waals surface area contributed by atoms with Crippen molar-refractivity contribution in [1.82, 2.24) is 0 Å². The first-order chi connectivity index (χ1) is 14.2. The number of aryl methyl sites for hydroxylation is 2. The molecule has 2 amide bonds. The van der Waals surface area contributed by atoms with E-state index in [9.17, 15) is 19.2 Å². The Morgan fingerprint density at radius 1 is 1.07 bits per heavy atom. The standard InChI is InChI=1S/C21H22N2O7/c1-4-28-21(27)17-13(3)30-20(18(17)19(22)26)23-15(24)11-29-16(25)10-9-14-7-5-12(2)6-8-14/h5-10H,4,11H2,1-3H3,(H2,22,26)(H,23,24)/b10-9+. The van der Waals surface area contributed by atoms with Crippen LogP contribution in [0.4, 0.5) is 5.88 Å². The zero-order valence-electron chi connectivity index (χ0n) is 16.8. The Kier molecular flexibility index (Phi) is 7.51. The Labute approximate surface area is 172 Å². The van der Waals surface area contributed by atoms with Gasteiger partial charge in [-0.3, -0.25) is 14.9 Å². The van der Waals surface area contributed by atoms with E-state index in [0.29, 0.717) is 0 Å². The molecular weight excluding hydrogens is 392 g/mol. The van der Waals surface area contributed by atoms with E-state index in [4.69, 9.17) is 19.6 Å². The van der Waals surface area contributed by atoms with Gasteiger partial charge in [-0.05, 0) is 32.4 Å². The smallest absolute Gasteiger partial charge is 0.342 e. The lowest BCUT2D eigenvalue weighted by Gasteiger charge is -2.05. The quantitative estimate of drug-likeness (QED) is 0.499. The summed E-state index contributed by atoms with van der Waals surface area (Å²) in [7, 11) is 0. The van der Waals surface area contributed by atoms with E-state index in [0.717, 1.165) is 11.1 Å². The largest absolute Gasteiger partial charge is 0.462 e. The molecule has 9 heteroatoms. The molecule has 0 bridgehead atoms. The van der Waals surface area contributed by atoms with Crippen molar-refractivity contribution < 1.29 is 33.1 Å². The van der Waals surface area contributed by atoms with Crippen LogP contribution in [-0.2, 0) is 19.1 Å². The molecule has 0 unspecified atom stereocenters. The van der Waals surface area contributed by atoms with Crippen molar-refractivity contribution in [2.45, 2.75) is 20.8 Å². The molecule has 0 aliphatic rings. The van der Waals surface area contributed by atoms with Crippen molar-refractivity contribution in [3.8, 4) is 0 Å². The van der Waals surface area contributed by atoms with E-state index in [1.807, 2.05) is 31.2 Å². The Morgan fingerprint density at radius 3 is 2.33 bits per heavy atom. The van der Waals surface area contributed by atoms with Gasteiger partial charge >= 0.3 is 11.9 Å². The number of hydrogen-bond donors (Lipinski definition) is 2. The molecule has 1 aromatic carbocycles. The van der Waals surface area contributed by atoms with Crippen LogP contribution in [-0.4, -0.2) is 37.0 Å². The molecule has 9 nitrogen and oxygen atoms in total. The first-order valence-electron chi connectivity index (χ1n) is 9.04. The summed E-state index contributed by atoms with van der Waals surface area (Å²) in [6, 6.07) is 7.45. The summed E-state index contributed by atoms with van der Waals surface area (Å²) in [4.78, 5) is 47.7. The van der Waals surface area contributed by atoms with Crippen molar-refractivity contribution in [2.24, 2.45) is 5.73 Å². The van der Waals surface area contributed by atoms with Crippen LogP contribution in [0, 0.1) is 13.8 Å². The second-order valence-corrected chi connectivity index (χ2v) is 6.22. The number of primary amides is 1. The van der Waals surface area contributed by atoms with Crippen LogP contribution in [0.1, 0.15) is 44.5 Å². The average molecular weight is 414 g/mol. The van der Waals surface area contributed by atoms with Gasteiger partial charge in [0.05, 0.1) is 6.61 Å². The van der Waals surface area contributed by atoms with E-state index in [1.165, 1.54) is 13.0 Å². The molecule has 2 rings (SSSR count). The Morgan fingerprint density at radius 2 is 1.73 bits per heavy atom. The number of rotatable bonds is 8. The van der Waals surface area contributed by atoms with Gasteiger partial charge in [-0.2, -0.15) is 0 Å². The molecule has 0 aliphatic heterocycles.